The molecular weight excluding hydrogens is 210 g/mol. The molecule has 1 rings (SSSR count). The first-order chi connectivity index (χ1) is 7.49. The molecule has 1 aromatic rings. The van der Waals surface area contributed by atoms with E-state index >= 15 is 0 Å². The summed E-state index contributed by atoms with van der Waals surface area (Å²) in [7, 11) is 3.51. The summed E-state index contributed by atoms with van der Waals surface area (Å²) in [5.41, 5.74) is -0.559. The fourth-order valence-corrected chi connectivity index (χ4v) is 1.03. The van der Waals surface area contributed by atoms with Crippen LogP contribution in [0.1, 0.15) is 18.6 Å². The summed E-state index contributed by atoms with van der Waals surface area (Å²) in [6.45, 7) is 3.44. The van der Waals surface area contributed by atoms with Gasteiger partial charge < -0.3 is 0 Å². The van der Waals surface area contributed by atoms with Crippen molar-refractivity contribution in [2.45, 2.75) is 19.9 Å². The molecule has 7 heteroatoms. The van der Waals surface area contributed by atoms with E-state index in [0.717, 1.165) is 9.36 Å². The fourth-order valence-electron chi connectivity index (χ4n) is 1.03. The number of hydrogen-bond acceptors (Lipinski definition) is 5. The van der Waals surface area contributed by atoms with Crippen molar-refractivity contribution >= 4 is 12.1 Å². The molecule has 0 aliphatic heterocycles. The molecule has 1 atom stereocenters. The van der Waals surface area contributed by atoms with E-state index in [9.17, 15) is 9.59 Å². The van der Waals surface area contributed by atoms with Gasteiger partial charge in [-0.15, -0.1) is 4.68 Å². The monoisotopic (exact) mass is 225 g/mol. The van der Waals surface area contributed by atoms with E-state index in [4.69, 9.17) is 0 Å². The molecule has 0 amide bonds. The number of likely N-dealkylation sites (N-methyl/N-ethyl adjacent to an activating group) is 1. The maximum absolute atomic E-state index is 11.8. The average molecular weight is 225 g/mol. The van der Waals surface area contributed by atoms with Gasteiger partial charge in [0.1, 0.15) is 0 Å². The number of allylic oxidation sites excluding steroid dienone is 1. The number of carbonyl (C=O) groups excluding carboxylic acids is 1. The Morgan fingerprint density at radius 1 is 1.44 bits per heavy atom. The van der Waals surface area contributed by atoms with Gasteiger partial charge in [-0.25, -0.2) is 4.79 Å². The lowest BCUT2D eigenvalue weighted by Gasteiger charge is -2.16. The number of tetrazole rings is 1. The quantitative estimate of drug-likeness (QED) is 0.650. The minimum atomic E-state index is -0.559. The first kappa shape index (κ1) is 12.3. The van der Waals surface area contributed by atoms with Crippen LogP contribution in [0.15, 0.2) is 10.9 Å². The second-order valence-corrected chi connectivity index (χ2v) is 3.58. The van der Waals surface area contributed by atoms with E-state index in [1.54, 1.807) is 38.9 Å². The summed E-state index contributed by atoms with van der Waals surface area (Å²) in [6, 6.07) is -0.423. The SMILES string of the molecule is C/C=C\n1nnn(C(=O)C(C)N(C)C)c1=O. The van der Waals surface area contributed by atoms with Crippen molar-refractivity contribution in [1.29, 1.82) is 0 Å². The standard InChI is InChI=1S/C9H15N5O2/c1-5-6-13-9(16)14(11-10-13)8(15)7(2)12(3)4/h5-7H,1-4H3/b6-5-. The third kappa shape index (κ3) is 2.25. The van der Waals surface area contributed by atoms with Crippen molar-refractivity contribution in [1.82, 2.24) is 24.7 Å². The first-order valence-corrected chi connectivity index (χ1v) is 4.87. The summed E-state index contributed by atoms with van der Waals surface area (Å²) in [5.74, 6) is -0.397. The van der Waals surface area contributed by atoms with Gasteiger partial charge in [-0.3, -0.25) is 9.69 Å². The van der Waals surface area contributed by atoms with Crippen LogP contribution in [-0.2, 0) is 0 Å². The number of rotatable bonds is 3. The Morgan fingerprint density at radius 2 is 2.06 bits per heavy atom. The molecule has 0 saturated heterocycles. The van der Waals surface area contributed by atoms with E-state index in [-0.39, 0.29) is 0 Å². The van der Waals surface area contributed by atoms with Crippen LogP contribution in [0.25, 0.3) is 6.20 Å². The van der Waals surface area contributed by atoms with Crippen LogP contribution in [0.2, 0.25) is 0 Å². The maximum atomic E-state index is 11.8. The van der Waals surface area contributed by atoms with Gasteiger partial charge in [-0.05, 0) is 38.4 Å². The third-order valence-corrected chi connectivity index (χ3v) is 2.23. The number of aromatic nitrogens is 4. The largest absolute Gasteiger partial charge is 0.375 e. The zero-order valence-corrected chi connectivity index (χ0v) is 9.78. The number of hydrogen-bond donors (Lipinski definition) is 0. The van der Waals surface area contributed by atoms with Crippen LogP contribution < -0.4 is 5.69 Å². The molecule has 1 heterocycles. The van der Waals surface area contributed by atoms with E-state index in [1.807, 2.05) is 0 Å². The van der Waals surface area contributed by atoms with Crippen LogP contribution in [-0.4, -0.2) is 50.7 Å². The van der Waals surface area contributed by atoms with Crippen LogP contribution in [0.4, 0.5) is 0 Å². The van der Waals surface area contributed by atoms with E-state index in [2.05, 4.69) is 10.4 Å². The van der Waals surface area contributed by atoms with Gasteiger partial charge >= 0.3 is 5.69 Å². The van der Waals surface area contributed by atoms with Crippen LogP contribution in [0.5, 0.6) is 0 Å². The highest BCUT2D eigenvalue weighted by Crippen LogP contribution is 1.93. The molecule has 0 fully saturated rings. The zero-order valence-electron chi connectivity index (χ0n) is 9.78. The molecule has 0 radical (unpaired) electrons. The molecule has 1 unspecified atom stereocenters. The van der Waals surface area contributed by atoms with E-state index in [0.29, 0.717) is 0 Å². The predicted molar refractivity (Wildman–Crippen MR) is 59.1 cm³/mol. The van der Waals surface area contributed by atoms with Crippen molar-refractivity contribution in [2.24, 2.45) is 0 Å². The molecule has 0 bridgehead atoms. The molecular formula is C9H15N5O2. The summed E-state index contributed by atoms with van der Waals surface area (Å²) in [4.78, 5) is 25.1. The zero-order chi connectivity index (χ0) is 12.3. The molecule has 16 heavy (non-hydrogen) atoms. The Labute approximate surface area is 92.9 Å². The van der Waals surface area contributed by atoms with Crippen LogP contribution in [0.3, 0.4) is 0 Å². The lowest BCUT2D eigenvalue weighted by molar-refractivity contribution is 0.0779. The molecule has 0 aliphatic rings. The normalized spacial score (nSPS) is 13.6. The lowest BCUT2D eigenvalue weighted by atomic mass is 10.3. The topological polar surface area (TPSA) is 73.0 Å². The van der Waals surface area contributed by atoms with Crippen LogP contribution >= 0.6 is 0 Å². The minimum absolute atomic E-state index is 0.397. The summed E-state index contributed by atoms with van der Waals surface area (Å²) in [5, 5.41) is 7.09. The molecule has 0 aliphatic carbocycles. The van der Waals surface area contributed by atoms with Crippen LogP contribution in [0, 0.1) is 0 Å². The molecule has 88 valence electrons. The van der Waals surface area contributed by atoms with Gasteiger partial charge in [0, 0.05) is 6.20 Å². The second kappa shape index (κ2) is 4.84. The Balaban J connectivity index is 3.07. The Morgan fingerprint density at radius 3 is 2.56 bits per heavy atom. The van der Waals surface area contributed by atoms with Gasteiger partial charge in [0.2, 0.25) is 0 Å². The van der Waals surface area contributed by atoms with Gasteiger partial charge in [-0.2, -0.15) is 4.68 Å². The lowest BCUT2D eigenvalue weighted by Crippen LogP contribution is -2.41. The van der Waals surface area contributed by atoms with Crippen molar-refractivity contribution in [3.8, 4) is 0 Å². The Hall–Kier alpha value is -1.76. The van der Waals surface area contributed by atoms with Gasteiger partial charge in [0.05, 0.1) is 6.04 Å². The number of nitrogens with zero attached hydrogens (tertiary/aromatic N) is 5. The summed E-state index contributed by atoms with van der Waals surface area (Å²) in [6.07, 6.45) is 3.08. The van der Waals surface area contributed by atoms with Crippen molar-refractivity contribution in [3.05, 3.63) is 16.6 Å². The highest BCUT2D eigenvalue weighted by molar-refractivity contribution is 5.82. The summed E-state index contributed by atoms with van der Waals surface area (Å²) >= 11 is 0. The smallest absolute Gasteiger partial charge is 0.298 e. The number of carbonyl (C=O) groups is 1. The van der Waals surface area contributed by atoms with Gasteiger partial charge in [0.25, 0.3) is 5.91 Å². The van der Waals surface area contributed by atoms with Crippen molar-refractivity contribution in [3.63, 3.8) is 0 Å². The molecule has 7 nitrogen and oxygen atoms in total. The highest BCUT2D eigenvalue weighted by Gasteiger charge is 2.21. The van der Waals surface area contributed by atoms with Gasteiger partial charge in [-0.1, -0.05) is 6.08 Å². The second-order valence-electron chi connectivity index (χ2n) is 3.58. The fraction of sp³-hybridized carbons (Fsp3) is 0.556. The minimum Gasteiger partial charge on any atom is -0.298 e. The summed E-state index contributed by atoms with van der Waals surface area (Å²) < 4.78 is 1.78. The Bertz CT molecular complexity index is 457. The highest BCUT2D eigenvalue weighted by atomic mass is 16.2. The molecule has 0 saturated carbocycles. The van der Waals surface area contributed by atoms with Gasteiger partial charge in [0.15, 0.2) is 0 Å². The average Bonchev–Trinajstić information content (AvgIpc) is 2.59. The molecule has 1 aromatic heterocycles. The third-order valence-electron chi connectivity index (χ3n) is 2.23. The van der Waals surface area contributed by atoms with E-state index < -0.39 is 17.6 Å². The predicted octanol–water partition coefficient (Wildman–Crippen LogP) is -0.479. The molecule has 0 spiro atoms. The Kier molecular flexibility index (Phi) is 3.73. The van der Waals surface area contributed by atoms with Crippen molar-refractivity contribution in [2.75, 3.05) is 14.1 Å². The molecule has 0 aromatic carbocycles. The van der Waals surface area contributed by atoms with Crippen molar-refractivity contribution < 1.29 is 4.79 Å². The van der Waals surface area contributed by atoms with E-state index in [1.165, 1.54) is 6.20 Å². The first-order valence-electron chi connectivity index (χ1n) is 4.87. The maximum Gasteiger partial charge on any atom is 0.375 e. The molecule has 0 N–H and O–H groups in total.